The van der Waals surface area contributed by atoms with Gasteiger partial charge in [-0.1, -0.05) is 18.2 Å². The second-order valence-electron chi connectivity index (χ2n) is 6.56. The Morgan fingerprint density at radius 3 is 2.37 bits per heavy atom. The Morgan fingerprint density at radius 1 is 1.07 bits per heavy atom. The Labute approximate surface area is 159 Å². The van der Waals surface area contributed by atoms with Crippen LogP contribution < -0.4 is 4.74 Å². The Hall–Kier alpha value is -2.88. The highest BCUT2D eigenvalue weighted by atomic mass is 16.5. The third kappa shape index (κ3) is 5.30. The predicted molar refractivity (Wildman–Crippen MR) is 101 cm³/mol. The average Bonchev–Trinajstić information content (AvgIpc) is 2.73. The zero-order valence-electron chi connectivity index (χ0n) is 15.1. The van der Waals surface area contributed by atoms with E-state index in [4.69, 9.17) is 10.00 Å². The highest BCUT2D eigenvalue weighted by molar-refractivity contribution is 5.94. The van der Waals surface area contributed by atoms with Crippen LogP contribution in [-0.2, 0) is 0 Å². The Kier molecular flexibility index (Phi) is 6.42. The molecule has 6 nitrogen and oxygen atoms in total. The number of piperazine rings is 1. The van der Waals surface area contributed by atoms with Gasteiger partial charge in [0.1, 0.15) is 18.5 Å². The van der Waals surface area contributed by atoms with Crippen molar-refractivity contribution in [3.8, 4) is 11.8 Å². The lowest BCUT2D eigenvalue weighted by Crippen LogP contribution is -2.50. The van der Waals surface area contributed by atoms with Gasteiger partial charge < -0.3 is 14.7 Å². The molecule has 2 aromatic rings. The summed E-state index contributed by atoms with van der Waals surface area (Å²) in [5.74, 6) is 0.686. The van der Waals surface area contributed by atoms with Crippen LogP contribution in [0, 0.1) is 11.3 Å². The van der Waals surface area contributed by atoms with Crippen molar-refractivity contribution in [2.75, 3.05) is 39.3 Å². The molecule has 1 aliphatic rings. The third-order valence-corrected chi connectivity index (χ3v) is 4.57. The van der Waals surface area contributed by atoms with Crippen LogP contribution in [0.5, 0.6) is 5.75 Å². The summed E-state index contributed by atoms with van der Waals surface area (Å²) in [6, 6.07) is 18.2. The van der Waals surface area contributed by atoms with E-state index in [2.05, 4.69) is 11.0 Å². The van der Waals surface area contributed by atoms with E-state index < -0.39 is 6.10 Å². The van der Waals surface area contributed by atoms with Gasteiger partial charge in [0.05, 0.1) is 11.6 Å². The summed E-state index contributed by atoms with van der Waals surface area (Å²) >= 11 is 0. The van der Waals surface area contributed by atoms with E-state index >= 15 is 0 Å². The molecule has 0 saturated carbocycles. The maximum absolute atomic E-state index is 12.5. The first-order valence-electron chi connectivity index (χ1n) is 9.03. The van der Waals surface area contributed by atoms with Gasteiger partial charge in [0.15, 0.2) is 0 Å². The van der Waals surface area contributed by atoms with Crippen molar-refractivity contribution in [1.29, 1.82) is 5.26 Å². The lowest BCUT2D eigenvalue weighted by molar-refractivity contribution is 0.0403. The number of aliphatic hydroxyl groups is 1. The third-order valence-electron chi connectivity index (χ3n) is 4.57. The minimum absolute atomic E-state index is 0.0555. The van der Waals surface area contributed by atoms with Gasteiger partial charge >= 0.3 is 0 Å². The van der Waals surface area contributed by atoms with Gasteiger partial charge in [-0.15, -0.1) is 0 Å². The van der Waals surface area contributed by atoms with Gasteiger partial charge in [-0.2, -0.15) is 5.26 Å². The van der Waals surface area contributed by atoms with Gasteiger partial charge in [0.2, 0.25) is 0 Å². The maximum Gasteiger partial charge on any atom is 0.253 e. The van der Waals surface area contributed by atoms with E-state index in [0.717, 1.165) is 13.1 Å². The summed E-state index contributed by atoms with van der Waals surface area (Å²) in [7, 11) is 0. The quantitative estimate of drug-likeness (QED) is 0.844. The van der Waals surface area contributed by atoms with E-state index in [1.807, 2.05) is 35.2 Å². The smallest absolute Gasteiger partial charge is 0.253 e. The van der Waals surface area contributed by atoms with E-state index in [-0.39, 0.29) is 12.5 Å². The molecule has 0 aliphatic carbocycles. The molecule has 0 radical (unpaired) electrons. The molecule has 1 heterocycles. The van der Waals surface area contributed by atoms with Crippen LogP contribution >= 0.6 is 0 Å². The van der Waals surface area contributed by atoms with Crippen LogP contribution in [0.15, 0.2) is 54.6 Å². The van der Waals surface area contributed by atoms with E-state index in [1.54, 1.807) is 24.3 Å². The normalized spacial score (nSPS) is 15.8. The molecule has 6 heteroatoms. The number of hydrogen-bond acceptors (Lipinski definition) is 5. The number of ether oxygens (including phenoxy) is 1. The summed E-state index contributed by atoms with van der Waals surface area (Å²) in [5, 5.41) is 19.0. The molecule has 1 N–H and O–H groups in total. The largest absolute Gasteiger partial charge is 0.491 e. The van der Waals surface area contributed by atoms with Gasteiger partial charge in [-0.05, 0) is 36.4 Å². The molecule has 140 valence electrons. The SMILES string of the molecule is N#Cc1ccc(OCC(O)CN2CCN(C(=O)c3ccccc3)CC2)cc1. The van der Waals surface area contributed by atoms with Gasteiger partial charge in [-0.25, -0.2) is 0 Å². The van der Waals surface area contributed by atoms with Crippen molar-refractivity contribution >= 4 is 5.91 Å². The fraction of sp³-hybridized carbons (Fsp3) is 0.333. The number of amides is 1. The monoisotopic (exact) mass is 365 g/mol. The van der Waals surface area contributed by atoms with Crippen LogP contribution in [0.25, 0.3) is 0 Å². The molecule has 0 aromatic heterocycles. The minimum Gasteiger partial charge on any atom is -0.491 e. The predicted octanol–water partition coefficient (Wildman–Crippen LogP) is 1.76. The standard InChI is InChI=1S/C21H23N3O3/c22-14-17-6-8-20(9-7-17)27-16-19(25)15-23-10-12-24(13-11-23)21(26)18-4-2-1-3-5-18/h1-9,19,25H,10-13,15-16H2. The summed E-state index contributed by atoms with van der Waals surface area (Å²) in [4.78, 5) is 16.4. The minimum atomic E-state index is -0.614. The second-order valence-corrected chi connectivity index (χ2v) is 6.56. The molecule has 1 atom stereocenters. The van der Waals surface area contributed by atoms with Crippen molar-refractivity contribution < 1.29 is 14.6 Å². The summed E-state index contributed by atoms with van der Waals surface area (Å²) in [6.45, 7) is 3.45. The zero-order chi connectivity index (χ0) is 19.1. The molecule has 1 amide bonds. The second kappa shape index (κ2) is 9.17. The molecule has 2 aromatic carbocycles. The number of benzene rings is 2. The fourth-order valence-electron chi connectivity index (χ4n) is 3.07. The lowest BCUT2D eigenvalue weighted by atomic mass is 10.2. The first kappa shape index (κ1) is 18.9. The molecular weight excluding hydrogens is 342 g/mol. The van der Waals surface area contributed by atoms with Gasteiger partial charge in [0, 0.05) is 38.3 Å². The summed E-state index contributed by atoms with van der Waals surface area (Å²) in [5.41, 5.74) is 1.28. The molecule has 0 bridgehead atoms. The highest BCUT2D eigenvalue weighted by Crippen LogP contribution is 2.13. The Morgan fingerprint density at radius 2 is 1.74 bits per heavy atom. The maximum atomic E-state index is 12.5. The van der Waals surface area contributed by atoms with Crippen LogP contribution in [0.2, 0.25) is 0 Å². The van der Waals surface area contributed by atoms with Crippen LogP contribution in [-0.4, -0.2) is 66.2 Å². The van der Waals surface area contributed by atoms with Gasteiger partial charge in [-0.3, -0.25) is 9.69 Å². The molecule has 1 unspecified atom stereocenters. The number of carbonyl (C=O) groups is 1. The number of nitriles is 1. The first-order chi connectivity index (χ1) is 13.2. The molecular formula is C21H23N3O3. The molecule has 1 fully saturated rings. The van der Waals surface area contributed by atoms with Crippen LogP contribution in [0.4, 0.5) is 0 Å². The van der Waals surface area contributed by atoms with Gasteiger partial charge in [0.25, 0.3) is 5.91 Å². The molecule has 3 rings (SSSR count). The molecule has 1 aliphatic heterocycles. The number of nitrogens with zero attached hydrogens (tertiary/aromatic N) is 3. The number of hydrogen-bond donors (Lipinski definition) is 1. The zero-order valence-corrected chi connectivity index (χ0v) is 15.1. The molecule has 1 saturated heterocycles. The lowest BCUT2D eigenvalue weighted by Gasteiger charge is -2.35. The van der Waals surface area contributed by atoms with E-state index in [9.17, 15) is 9.90 Å². The van der Waals surface area contributed by atoms with Crippen molar-refractivity contribution in [3.05, 3.63) is 65.7 Å². The van der Waals surface area contributed by atoms with Crippen molar-refractivity contribution in [1.82, 2.24) is 9.80 Å². The number of β-amino-alcohol motifs (C(OH)–C–C–N with tert-alkyl or cyclic N) is 1. The summed E-state index contributed by atoms with van der Waals surface area (Å²) in [6.07, 6.45) is -0.614. The van der Waals surface area contributed by atoms with Crippen LogP contribution in [0.1, 0.15) is 15.9 Å². The topological polar surface area (TPSA) is 76.8 Å². The Bertz CT molecular complexity index is 779. The average molecular weight is 365 g/mol. The summed E-state index contributed by atoms with van der Waals surface area (Å²) < 4.78 is 5.58. The molecule has 27 heavy (non-hydrogen) atoms. The molecule has 0 spiro atoms. The van der Waals surface area contributed by atoms with E-state index in [0.29, 0.717) is 36.5 Å². The number of carbonyl (C=O) groups excluding carboxylic acids is 1. The highest BCUT2D eigenvalue weighted by Gasteiger charge is 2.23. The number of rotatable bonds is 6. The fourth-order valence-corrected chi connectivity index (χ4v) is 3.07. The first-order valence-corrected chi connectivity index (χ1v) is 9.03. The van der Waals surface area contributed by atoms with Crippen molar-refractivity contribution in [2.24, 2.45) is 0 Å². The van der Waals surface area contributed by atoms with Crippen LogP contribution in [0.3, 0.4) is 0 Å². The Balaban J connectivity index is 1.40. The van der Waals surface area contributed by atoms with Crippen molar-refractivity contribution in [3.63, 3.8) is 0 Å². The number of aliphatic hydroxyl groups excluding tert-OH is 1. The van der Waals surface area contributed by atoms with E-state index in [1.165, 1.54) is 0 Å². The van der Waals surface area contributed by atoms with Crippen molar-refractivity contribution in [2.45, 2.75) is 6.10 Å².